The fraction of sp³-hybridized carbons (Fsp3) is 0.476. The average Bonchev–Trinajstić information content (AvgIpc) is 2.62. The number of rotatable bonds is 6. The van der Waals surface area contributed by atoms with Gasteiger partial charge < -0.3 is 15.8 Å². The predicted molar refractivity (Wildman–Crippen MR) is 106 cm³/mol. The summed E-state index contributed by atoms with van der Waals surface area (Å²) in [5.41, 5.74) is 10.2. The number of hydrogen-bond acceptors (Lipinski definition) is 6. The minimum absolute atomic E-state index is 0.0675. The molecular formula is C21H28N4O2. The molecule has 2 heterocycles. The molecule has 1 unspecified atom stereocenters. The average molecular weight is 368 g/mol. The van der Waals surface area contributed by atoms with E-state index in [1.165, 1.54) is 0 Å². The fourth-order valence-electron chi connectivity index (χ4n) is 3.93. The maximum absolute atomic E-state index is 13.1. The van der Waals surface area contributed by atoms with Crippen LogP contribution in [-0.2, 0) is 9.53 Å². The molecule has 0 fully saturated rings. The zero-order chi connectivity index (χ0) is 19.4. The van der Waals surface area contributed by atoms with Crippen molar-refractivity contribution in [2.75, 3.05) is 26.8 Å². The van der Waals surface area contributed by atoms with Crippen molar-refractivity contribution in [2.24, 2.45) is 16.1 Å². The van der Waals surface area contributed by atoms with Gasteiger partial charge in [-0.05, 0) is 23.5 Å². The molecule has 0 saturated carbocycles. The van der Waals surface area contributed by atoms with Gasteiger partial charge in [0.1, 0.15) is 0 Å². The van der Waals surface area contributed by atoms with Gasteiger partial charge in [-0.25, -0.2) is 0 Å². The summed E-state index contributed by atoms with van der Waals surface area (Å²) >= 11 is 0. The molecular weight excluding hydrogens is 340 g/mol. The van der Waals surface area contributed by atoms with Gasteiger partial charge >= 0.3 is 0 Å². The van der Waals surface area contributed by atoms with Crippen molar-refractivity contribution in [3.05, 3.63) is 52.6 Å². The molecule has 0 saturated heterocycles. The molecule has 0 radical (unpaired) electrons. The van der Waals surface area contributed by atoms with Gasteiger partial charge in [-0.15, -0.1) is 0 Å². The van der Waals surface area contributed by atoms with Crippen molar-refractivity contribution in [3.63, 3.8) is 0 Å². The van der Waals surface area contributed by atoms with Crippen LogP contribution in [0.25, 0.3) is 0 Å². The second-order valence-electron chi connectivity index (χ2n) is 7.84. The van der Waals surface area contributed by atoms with E-state index in [1.54, 1.807) is 13.2 Å². The molecule has 0 amide bonds. The largest absolute Gasteiger partial charge is 0.374 e. The lowest BCUT2D eigenvalue weighted by Crippen LogP contribution is -2.39. The van der Waals surface area contributed by atoms with Gasteiger partial charge in [-0.3, -0.25) is 14.8 Å². The molecule has 3 N–H and O–H groups in total. The summed E-state index contributed by atoms with van der Waals surface area (Å²) in [6.45, 7) is 5.62. The van der Waals surface area contributed by atoms with Crippen molar-refractivity contribution in [1.29, 1.82) is 0 Å². The van der Waals surface area contributed by atoms with E-state index >= 15 is 0 Å². The van der Waals surface area contributed by atoms with Crippen molar-refractivity contribution in [3.8, 4) is 0 Å². The third-order valence-corrected chi connectivity index (χ3v) is 4.96. The van der Waals surface area contributed by atoms with Crippen LogP contribution in [0.3, 0.4) is 0 Å². The summed E-state index contributed by atoms with van der Waals surface area (Å²) in [5.74, 6) is 0.00487. The van der Waals surface area contributed by atoms with E-state index in [0.29, 0.717) is 26.2 Å². The van der Waals surface area contributed by atoms with Crippen LogP contribution in [0.1, 0.15) is 38.2 Å². The third-order valence-electron chi connectivity index (χ3n) is 4.96. The Hall–Kier alpha value is -2.31. The number of hydrogen-bond donors (Lipinski definition) is 2. The molecule has 1 aliphatic carbocycles. The lowest BCUT2D eigenvalue weighted by Gasteiger charge is -2.39. The zero-order valence-corrected chi connectivity index (χ0v) is 16.3. The topological polar surface area (TPSA) is 89.6 Å². The number of pyridine rings is 1. The summed E-state index contributed by atoms with van der Waals surface area (Å²) in [4.78, 5) is 21.6. The quantitative estimate of drug-likeness (QED) is 0.594. The highest BCUT2D eigenvalue weighted by molar-refractivity contribution is 6.02. The minimum atomic E-state index is -0.182. The first kappa shape index (κ1) is 19.5. The number of carbonyl (C=O) groups excluding carboxylic acids is 1. The first-order valence-corrected chi connectivity index (χ1v) is 9.33. The van der Waals surface area contributed by atoms with Crippen LogP contribution < -0.4 is 11.1 Å². The lowest BCUT2D eigenvalue weighted by molar-refractivity contribution is -0.118. The Morgan fingerprint density at radius 2 is 2.26 bits per heavy atom. The van der Waals surface area contributed by atoms with E-state index in [-0.39, 0.29) is 17.1 Å². The summed E-state index contributed by atoms with van der Waals surface area (Å²) < 4.78 is 5.71. The third kappa shape index (κ3) is 4.17. The normalized spacial score (nSPS) is 22.2. The molecule has 0 bridgehead atoms. The Kier molecular flexibility index (Phi) is 5.87. The number of ketones is 1. The van der Waals surface area contributed by atoms with E-state index in [4.69, 9.17) is 10.5 Å². The van der Waals surface area contributed by atoms with Gasteiger partial charge in [0.15, 0.2) is 5.78 Å². The molecule has 144 valence electrons. The fourth-order valence-corrected chi connectivity index (χ4v) is 3.93. The SMILES string of the molecule is CN=CC1=C(COCCN)NC2=C(C(=O)CC(C)(C)C2)C1c1cccnc1. The minimum Gasteiger partial charge on any atom is -0.374 e. The highest BCUT2D eigenvalue weighted by atomic mass is 16.5. The van der Waals surface area contributed by atoms with Crippen LogP contribution in [0, 0.1) is 5.41 Å². The molecule has 27 heavy (non-hydrogen) atoms. The van der Waals surface area contributed by atoms with Crippen molar-refractivity contribution >= 4 is 12.0 Å². The molecule has 6 nitrogen and oxygen atoms in total. The van der Waals surface area contributed by atoms with Crippen LogP contribution in [0.2, 0.25) is 0 Å². The Morgan fingerprint density at radius 3 is 2.93 bits per heavy atom. The van der Waals surface area contributed by atoms with Crippen LogP contribution >= 0.6 is 0 Å². The number of dihydropyridines is 1. The molecule has 3 rings (SSSR count). The van der Waals surface area contributed by atoms with Gasteiger partial charge in [-0.1, -0.05) is 19.9 Å². The smallest absolute Gasteiger partial charge is 0.162 e. The van der Waals surface area contributed by atoms with Gasteiger partial charge in [0, 0.05) is 67.1 Å². The highest BCUT2D eigenvalue weighted by Gasteiger charge is 2.41. The first-order chi connectivity index (χ1) is 13.0. The van der Waals surface area contributed by atoms with Crippen molar-refractivity contribution in [2.45, 2.75) is 32.6 Å². The van der Waals surface area contributed by atoms with E-state index in [0.717, 1.165) is 34.5 Å². The molecule has 0 aromatic carbocycles. The first-order valence-electron chi connectivity index (χ1n) is 9.33. The van der Waals surface area contributed by atoms with Gasteiger partial charge in [-0.2, -0.15) is 0 Å². The molecule has 0 spiro atoms. The Morgan fingerprint density at radius 1 is 1.44 bits per heavy atom. The second kappa shape index (κ2) is 8.15. The summed E-state index contributed by atoms with van der Waals surface area (Å²) in [7, 11) is 1.74. The number of aliphatic imine (C=N–C) groups is 1. The van der Waals surface area contributed by atoms with E-state index in [2.05, 4.69) is 29.1 Å². The number of nitrogens with zero attached hydrogens (tertiary/aromatic N) is 2. The van der Waals surface area contributed by atoms with Crippen LogP contribution in [0.15, 0.2) is 52.1 Å². The number of carbonyl (C=O) groups is 1. The number of nitrogens with one attached hydrogen (secondary N) is 1. The number of nitrogens with two attached hydrogens (primary N) is 1. The van der Waals surface area contributed by atoms with Crippen LogP contribution in [0.5, 0.6) is 0 Å². The Labute approximate surface area is 160 Å². The lowest BCUT2D eigenvalue weighted by atomic mass is 9.69. The molecule has 1 aromatic heterocycles. The number of aromatic nitrogens is 1. The summed E-state index contributed by atoms with van der Waals surface area (Å²) in [6.07, 6.45) is 6.76. The number of Topliss-reactive ketones (excluding diaryl/α,β-unsaturated/α-hetero) is 1. The van der Waals surface area contributed by atoms with Crippen LogP contribution in [0.4, 0.5) is 0 Å². The number of allylic oxidation sites excluding steroid dienone is 3. The molecule has 1 aromatic rings. The van der Waals surface area contributed by atoms with Gasteiger partial charge in [0.2, 0.25) is 0 Å². The standard InChI is InChI=1S/C21H28N4O2/c1-21(2)9-16-20(18(26)10-21)19(14-5-4-7-24-11-14)15(12-23-3)17(25-16)13-27-8-6-22/h4-5,7,11-12,19,25H,6,8-10,13,22H2,1-3H3. The molecule has 6 heteroatoms. The van der Waals surface area contributed by atoms with E-state index in [9.17, 15) is 4.79 Å². The molecule has 2 aliphatic rings. The second-order valence-corrected chi connectivity index (χ2v) is 7.84. The Balaban J connectivity index is 2.11. The zero-order valence-electron chi connectivity index (χ0n) is 16.3. The van der Waals surface area contributed by atoms with Crippen LogP contribution in [-0.4, -0.2) is 43.8 Å². The van der Waals surface area contributed by atoms with Gasteiger partial charge in [0.05, 0.1) is 13.2 Å². The van der Waals surface area contributed by atoms with Crippen molar-refractivity contribution < 1.29 is 9.53 Å². The molecule has 1 atom stereocenters. The summed E-state index contributed by atoms with van der Waals surface area (Å²) in [5, 5.41) is 3.50. The maximum atomic E-state index is 13.1. The van der Waals surface area contributed by atoms with E-state index in [1.807, 2.05) is 24.5 Å². The monoisotopic (exact) mass is 368 g/mol. The Bertz CT molecular complexity index is 794. The predicted octanol–water partition coefficient (Wildman–Crippen LogP) is 2.34. The summed E-state index contributed by atoms with van der Waals surface area (Å²) in [6, 6.07) is 3.92. The number of ether oxygens (including phenoxy) is 1. The maximum Gasteiger partial charge on any atom is 0.162 e. The van der Waals surface area contributed by atoms with E-state index < -0.39 is 0 Å². The highest BCUT2D eigenvalue weighted by Crippen LogP contribution is 2.45. The van der Waals surface area contributed by atoms with Gasteiger partial charge in [0.25, 0.3) is 0 Å². The van der Waals surface area contributed by atoms with Crippen molar-refractivity contribution in [1.82, 2.24) is 10.3 Å². The molecule has 1 aliphatic heterocycles.